The number of rotatable bonds is 14. The maximum atomic E-state index is 12.5. The van der Waals surface area contributed by atoms with E-state index in [1.807, 2.05) is 0 Å². The average molecular weight is 498 g/mol. The van der Waals surface area contributed by atoms with Crippen LogP contribution in [0, 0.1) is 0 Å². The van der Waals surface area contributed by atoms with Crippen LogP contribution < -0.4 is 33.2 Å². The quantitative estimate of drug-likeness (QED) is 0.0567. The molecule has 0 saturated carbocycles. The van der Waals surface area contributed by atoms with E-state index in [9.17, 15) is 24.3 Å². The summed E-state index contributed by atoms with van der Waals surface area (Å²) >= 11 is 3.89. The normalized spacial score (nSPS) is 13.1. The number of benzene rings is 1. The smallest absolute Gasteiger partial charge is 0.327 e. The molecular formula is C20H31N7O6S. The minimum absolute atomic E-state index is 0.0828. The van der Waals surface area contributed by atoms with Crippen molar-refractivity contribution in [2.75, 3.05) is 18.8 Å². The minimum atomic E-state index is -1.27. The molecule has 0 bridgehead atoms. The van der Waals surface area contributed by atoms with Crippen LogP contribution in [0.4, 0.5) is 0 Å². The Bertz CT molecular complexity index is 877. The fourth-order valence-electron chi connectivity index (χ4n) is 2.75. The van der Waals surface area contributed by atoms with E-state index in [0.29, 0.717) is 6.42 Å². The van der Waals surface area contributed by atoms with Crippen molar-refractivity contribution in [1.82, 2.24) is 16.0 Å². The SMILES string of the molecule is NC(N)=NCCCC(NC(=O)CNC(=O)C(N)Cc1ccc(O)cc1)C(=O)NC(CS)C(=O)O. The average Bonchev–Trinajstić information content (AvgIpc) is 2.78. The molecule has 0 aliphatic heterocycles. The lowest BCUT2D eigenvalue weighted by atomic mass is 10.1. The van der Waals surface area contributed by atoms with Gasteiger partial charge in [-0.05, 0) is 37.0 Å². The Morgan fingerprint density at radius 3 is 2.24 bits per heavy atom. The number of amides is 3. The van der Waals surface area contributed by atoms with E-state index in [1.54, 1.807) is 12.1 Å². The van der Waals surface area contributed by atoms with Crippen LogP contribution in [0.1, 0.15) is 18.4 Å². The van der Waals surface area contributed by atoms with Gasteiger partial charge < -0.3 is 43.4 Å². The summed E-state index contributed by atoms with van der Waals surface area (Å²) in [6.45, 7) is -0.255. The zero-order chi connectivity index (χ0) is 25.7. The number of aliphatic carboxylic acids is 1. The number of aromatic hydroxyl groups is 1. The highest BCUT2D eigenvalue weighted by Crippen LogP contribution is 2.10. The third kappa shape index (κ3) is 10.9. The summed E-state index contributed by atoms with van der Waals surface area (Å²) < 4.78 is 0. The number of guanidine groups is 1. The van der Waals surface area contributed by atoms with E-state index in [1.165, 1.54) is 12.1 Å². The summed E-state index contributed by atoms with van der Waals surface area (Å²) in [5.41, 5.74) is 17.1. The first-order valence-corrected chi connectivity index (χ1v) is 11.0. The van der Waals surface area contributed by atoms with Gasteiger partial charge in [-0.15, -0.1) is 0 Å². The lowest BCUT2D eigenvalue weighted by Gasteiger charge is -2.21. The van der Waals surface area contributed by atoms with Gasteiger partial charge in [0.2, 0.25) is 17.7 Å². The summed E-state index contributed by atoms with van der Waals surface area (Å²) in [6, 6.07) is 2.90. The maximum Gasteiger partial charge on any atom is 0.327 e. The Labute approximate surface area is 201 Å². The topological polar surface area (TPSA) is 235 Å². The van der Waals surface area contributed by atoms with Gasteiger partial charge in [-0.3, -0.25) is 19.4 Å². The highest BCUT2D eigenvalue weighted by Gasteiger charge is 2.26. The van der Waals surface area contributed by atoms with Crippen LogP contribution in [0.3, 0.4) is 0 Å². The third-order valence-electron chi connectivity index (χ3n) is 4.55. The van der Waals surface area contributed by atoms with Crippen LogP contribution in [-0.4, -0.2) is 76.8 Å². The molecule has 188 valence electrons. The second-order valence-corrected chi connectivity index (χ2v) is 7.71. The first kappa shape index (κ1) is 28.5. The molecule has 1 rings (SSSR count). The van der Waals surface area contributed by atoms with Crippen LogP contribution in [0.2, 0.25) is 0 Å². The molecule has 0 aromatic heterocycles. The highest BCUT2D eigenvalue weighted by atomic mass is 32.1. The van der Waals surface area contributed by atoms with Crippen LogP contribution >= 0.6 is 12.6 Å². The number of thiol groups is 1. The number of carbonyl (C=O) groups is 4. The van der Waals surface area contributed by atoms with E-state index in [0.717, 1.165) is 5.56 Å². The van der Waals surface area contributed by atoms with Gasteiger partial charge in [-0.25, -0.2) is 4.79 Å². The fraction of sp³-hybridized carbons (Fsp3) is 0.450. The zero-order valence-corrected chi connectivity index (χ0v) is 19.3. The molecule has 0 saturated heterocycles. The number of phenolic OH excluding ortho intramolecular Hbond substituents is 1. The monoisotopic (exact) mass is 497 g/mol. The second-order valence-electron chi connectivity index (χ2n) is 7.35. The van der Waals surface area contributed by atoms with E-state index in [-0.39, 0.29) is 36.8 Å². The number of nitrogens with two attached hydrogens (primary N) is 3. The number of carboxylic acid groups (broad SMARTS) is 1. The summed E-state index contributed by atoms with van der Waals surface area (Å²) in [7, 11) is 0. The van der Waals surface area contributed by atoms with Crippen molar-refractivity contribution < 1.29 is 29.4 Å². The van der Waals surface area contributed by atoms with Crippen molar-refractivity contribution in [2.45, 2.75) is 37.4 Å². The Hall–Kier alpha value is -3.52. The maximum absolute atomic E-state index is 12.5. The lowest BCUT2D eigenvalue weighted by molar-refractivity contribution is -0.141. The lowest BCUT2D eigenvalue weighted by Crippen LogP contribution is -2.54. The van der Waals surface area contributed by atoms with Gasteiger partial charge in [0, 0.05) is 12.3 Å². The van der Waals surface area contributed by atoms with Crippen molar-refractivity contribution in [1.29, 1.82) is 0 Å². The van der Waals surface area contributed by atoms with Crippen molar-refractivity contribution >= 4 is 42.3 Å². The van der Waals surface area contributed by atoms with E-state index < -0.39 is 48.4 Å². The molecule has 1 aromatic carbocycles. The molecule has 3 atom stereocenters. The Kier molecular flexibility index (Phi) is 12.2. The second kappa shape index (κ2) is 14.6. The van der Waals surface area contributed by atoms with Gasteiger partial charge in [-0.2, -0.15) is 12.6 Å². The highest BCUT2D eigenvalue weighted by molar-refractivity contribution is 7.80. The molecule has 0 fully saturated rings. The van der Waals surface area contributed by atoms with Crippen LogP contribution in [0.15, 0.2) is 29.3 Å². The van der Waals surface area contributed by atoms with Gasteiger partial charge in [0.1, 0.15) is 17.8 Å². The molecule has 14 heteroatoms. The molecule has 3 amide bonds. The number of nitrogens with zero attached hydrogens (tertiary/aromatic N) is 1. The third-order valence-corrected chi connectivity index (χ3v) is 4.91. The number of nitrogens with one attached hydrogen (secondary N) is 3. The summed E-state index contributed by atoms with van der Waals surface area (Å²) in [4.78, 5) is 52.0. The van der Waals surface area contributed by atoms with Gasteiger partial charge in [0.25, 0.3) is 0 Å². The van der Waals surface area contributed by atoms with E-state index >= 15 is 0 Å². The molecule has 0 aliphatic rings. The van der Waals surface area contributed by atoms with Crippen molar-refractivity contribution in [2.24, 2.45) is 22.2 Å². The molecule has 0 spiro atoms. The molecule has 0 radical (unpaired) electrons. The van der Waals surface area contributed by atoms with E-state index in [2.05, 4.69) is 33.6 Å². The van der Waals surface area contributed by atoms with Gasteiger partial charge in [-0.1, -0.05) is 12.1 Å². The standard InChI is InChI=1S/C20H31N7O6S/c21-13(8-11-3-5-12(28)6-4-11)17(30)25-9-16(29)26-14(2-1-7-24-20(22)23)18(31)27-15(10-34)19(32)33/h3-6,13-15,28,34H,1-2,7-10,21H2,(H,25,30)(H,26,29)(H,27,31)(H,32,33)(H4,22,23,24). The molecule has 3 unspecified atom stereocenters. The number of carbonyl (C=O) groups excluding carboxylic acids is 3. The Morgan fingerprint density at radius 2 is 1.68 bits per heavy atom. The predicted octanol–water partition coefficient (Wildman–Crippen LogP) is -2.58. The van der Waals surface area contributed by atoms with Gasteiger partial charge in [0.05, 0.1) is 12.6 Å². The van der Waals surface area contributed by atoms with Crippen molar-refractivity contribution in [3.05, 3.63) is 29.8 Å². The van der Waals surface area contributed by atoms with Crippen molar-refractivity contribution in [3.8, 4) is 5.75 Å². The van der Waals surface area contributed by atoms with E-state index in [4.69, 9.17) is 22.3 Å². The van der Waals surface area contributed by atoms with Crippen molar-refractivity contribution in [3.63, 3.8) is 0 Å². The van der Waals surface area contributed by atoms with Crippen LogP contribution in [0.25, 0.3) is 0 Å². The number of hydrogen-bond donors (Lipinski definition) is 9. The van der Waals surface area contributed by atoms with Crippen LogP contribution in [-0.2, 0) is 25.6 Å². The van der Waals surface area contributed by atoms with Gasteiger partial charge >= 0.3 is 5.97 Å². The molecule has 0 aliphatic carbocycles. The van der Waals surface area contributed by atoms with Crippen LogP contribution in [0.5, 0.6) is 5.75 Å². The number of aliphatic imine (C=N–C) groups is 1. The fourth-order valence-corrected chi connectivity index (χ4v) is 3.00. The number of carboxylic acids is 1. The first-order chi connectivity index (χ1) is 16.0. The Morgan fingerprint density at radius 1 is 1.03 bits per heavy atom. The molecule has 1 aromatic rings. The summed E-state index contributed by atoms with van der Waals surface area (Å²) in [6.07, 6.45) is 0.615. The first-order valence-electron chi connectivity index (χ1n) is 10.3. The molecule has 13 nitrogen and oxygen atoms in total. The summed E-state index contributed by atoms with van der Waals surface area (Å²) in [5.74, 6) is -3.46. The molecule has 11 N–H and O–H groups in total. The Balaban J connectivity index is 2.65. The number of hydrogen-bond acceptors (Lipinski definition) is 8. The number of phenols is 1. The molecule has 0 heterocycles. The molecular weight excluding hydrogens is 466 g/mol. The summed E-state index contributed by atoms with van der Waals surface area (Å²) in [5, 5.41) is 25.6. The van der Waals surface area contributed by atoms with Gasteiger partial charge in [0.15, 0.2) is 5.96 Å². The zero-order valence-electron chi connectivity index (χ0n) is 18.4. The minimum Gasteiger partial charge on any atom is -0.508 e. The largest absolute Gasteiger partial charge is 0.508 e. The predicted molar refractivity (Wildman–Crippen MR) is 128 cm³/mol. The molecule has 34 heavy (non-hydrogen) atoms.